The molecule has 162 valence electrons. The third kappa shape index (κ3) is 5.07. The molecule has 6 N–H and O–H groups in total. The Labute approximate surface area is 175 Å². The van der Waals surface area contributed by atoms with E-state index >= 15 is 0 Å². The van der Waals surface area contributed by atoms with Crippen molar-refractivity contribution in [3.63, 3.8) is 0 Å². The molecule has 0 saturated heterocycles. The van der Waals surface area contributed by atoms with Gasteiger partial charge in [0.1, 0.15) is 24.1 Å². The van der Waals surface area contributed by atoms with Crippen LogP contribution in [0.4, 0.5) is 0 Å². The number of rotatable bonds is 8. The maximum atomic E-state index is 12.5. The first kappa shape index (κ1) is 22.0. The third-order valence-corrected chi connectivity index (χ3v) is 4.55. The molecule has 1 atom stereocenters. The van der Waals surface area contributed by atoms with Crippen LogP contribution < -0.4 is 0 Å². The lowest BCUT2D eigenvalue weighted by Gasteiger charge is -2.12. The molecule has 0 spiro atoms. The van der Waals surface area contributed by atoms with Gasteiger partial charge in [0.15, 0.2) is 17.3 Å². The predicted octanol–water partition coefficient (Wildman–Crippen LogP) is 0.333. The molecule has 1 aromatic heterocycles. The van der Waals surface area contributed by atoms with Gasteiger partial charge in [-0.2, -0.15) is 5.10 Å². The first-order chi connectivity index (χ1) is 14.7. The van der Waals surface area contributed by atoms with Crippen molar-refractivity contribution < 1.29 is 40.2 Å². The normalized spacial score (nSPS) is 12.1. The number of aliphatic hydroxyl groups excluding tert-OH is 2. The monoisotopic (exact) mass is 428 g/mol. The summed E-state index contributed by atoms with van der Waals surface area (Å²) in [5, 5.41) is 61.5. The van der Waals surface area contributed by atoms with E-state index < -0.39 is 36.3 Å². The van der Waals surface area contributed by atoms with Crippen molar-refractivity contribution >= 4 is 11.6 Å². The van der Waals surface area contributed by atoms with E-state index in [4.69, 9.17) is 0 Å². The van der Waals surface area contributed by atoms with Crippen LogP contribution in [0.2, 0.25) is 0 Å². The third-order valence-electron chi connectivity index (χ3n) is 4.55. The quantitative estimate of drug-likeness (QED) is 0.168. The number of hydrogen-bond acceptors (Lipinski definition) is 9. The SMILES string of the molecule is O=C(c1cc(-c2ccc(O)c(O)c2)nn1CC(=O)C(O)Cc1cccc(O)c1)C(O)O. The average Bonchev–Trinajstić information content (AvgIpc) is 3.12. The lowest BCUT2D eigenvalue weighted by Crippen LogP contribution is -2.30. The van der Waals surface area contributed by atoms with Gasteiger partial charge in [-0.15, -0.1) is 0 Å². The van der Waals surface area contributed by atoms with Crippen molar-refractivity contribution in [3.8, 4) is 28.5 Å². The Morgan fingerprint density at radius 2 is 1.68 bits per heavy atom. The topological polar surface area (TPSA) is 173 Å². The second kappa shape index (κ2) is 8.96. The van der Waals surface area contributed by atoms with Crippen LogP contribution in [0, 0.1) is 0 Å². The van der Waals surface area contributed by atoms with Crippen molar-refractivity contribution in [2.75, 3.05) is 0 Å². The zero-order valence-electron chi connectivity index (χ0n) is 16.1. The number of Topliss-reactive ketones (excluding diaryl/α,β-unsaturated/α-hetero) is 2. The average molecular weight is 428 g/mol. The van der Waals surface area contributed by atoms with E-state index in [0.717, 1.165) is 4.68 Å². The van der Waals surface area contributed by atoms with Gasteiger partial charge >= 0.3 is 0 Å². The van der Waals surface area contributed by atoms with E-state index in [9.17, 15) is 40.2 Å². The highest BCUT2D eigenvalue weighted by molar-refractivity contribution is 5.98. The smallest absolute Gasteiger partial charge is 0.236 e. The minimum atomic E-state index is -2.34. The van der Waals surface area contributed by atoms with Gasteiger partial charge in [-0.1, -0.05) is 12.1 Å². The maximum absolute atomic E-state index is 12.5. The van der Waals surface area contributed by atoms with E-state index in [1.54, 1.807) is 12.1 Å². The summed E-state index contributed by atoms with van der Waals surface area (Å²) in [6, 6.07) is 11.0. The summed E-state index contributed by atoms with van der Waals surface area (Å²) in [6.07, 6.45) is -3.89. The largest absolute Gasteiger partial charge is 0.508 e. The van der Waals surface area contributed by atoms with Crippen LogP contribution in [0.15, 0.2) is 48.5 Å². The fourth-order valence-electron chi connectivity index (χ4n) is 2.97. The van der Waals surface area contributed by atoms with E-state index in [1.807, 2.05) is 0 Å². The number of aromatic hydroxyl groups is 3. The molecule has 31 heavy (non-hydrogen) atoms. The van der Waals surface area contributed by atoms with E-state index in [2.05, 4.69) is 5.10 Å². The molecule has 1 heterocycles. The number of carbonyl (C=O) groups excluding carboxylic acids is 2. The summed E-state index contributed by atoms with van der Waals surface area (Å²) in [5.41, 5.74) is 0.636. The standard InChI is InChI=1S/C21H20N2O8/c24-13-3-1-2-11(6-13)7-17(26)19(28)10-23-15(20(29)21(30)31)9-14(22-23)12-4-5-16(25)18(27)8-12/h1-6,8-9,17,21,24-27,30-31H,7,10H2. The van der Waals surface area contributed by atoms with Crippen LogP contribution in [0.25, 0.3) is 11.3 Å². The van der Waals surface area contributed by atoms with Gasteiger partial charge in [0.2, 0.25) is 12.1 Å². The Kier molecular flexibility index (Phi) is 6.35. The molecule has 2 aromatic carbocycles. The molecule has 10 heteroatoms. The fraction of sp³-hybridized carbons (Fsp3) is 0.190. The maximum Gasteiger partial charge on any atom is 0.236 e. The molecule has 10 nitrogen and oxygen atoms in total. The van der Waals surface area contributed by atoms with Gasteiger partial charge in [-0.25, -0.2) is 0 Å². The Hall–Kier alpha value is -3.73. The molecule has 0 fully saturated rings. The summed E-state index contributed by atoms with van der Waals surface area (Å²) in [6.45, 7) is -0.544. The predicted molar refractivity (Wildman–Crippen MR) is 106 cm³/mol. The van der Waals surface area contributed by atoms with Gasteiger partial charge in [-0.05, 0) is 42.0 Å². The molecule has 0 aliphatic carbocycles. The van der Waals surface area contributed by atoms with Gasteiger partial charge in [0, 0.05) is 12.0 Å². The number of benzene rings is 2. The number of aromatic nitrogens is 2. The van der Waals surface area contributed by atoms with Gasteiger partial charge in [-0.3, -0.25) is 14.3 Å². The molecule has 0 aliphatic heterocycles. The molecular weight excluding hydrogens is 408 g/mol. The Bertz CT molecular complexity index is 1120. The number of ketones is 2. The number of phenols is 3. The fourth-order valence-corrected chi connectivity index (χ4v) is 2.97. The summed E-state index contributed by atoms with van der Waals surface area (Å²) in [5.74, 6) is -2.63. The van der Waals surface area contributed by atoms with E-state index in [-0.39, 0.29) is 29.3 Å². The lowest BCUT2D eigenvalue weighted by atomic mass is 10.0. The highest BCUT2D eigenvalue weighted by Gasteiger charge is 2.25. The van der Waals surface area contributed by atoms with Gasteiger partial charge in [0.25, 0.3) is 0 Å². The zero-order valence-corrected chi connectivity index (χ0v) is 16.1. The Balaban J connectivity index is 1.87. The summed E-state index contributed by atoms with van der Waals surface area (Å²) >= 11 is 0. The Morgan fingerprint density at radius 3 is 2.32 bits per heavy atom. The lowest BCUT2D eigenvalue weighted by molar-refractivity contribution is -0.127. The number of hydrogen-bond donors (Lipinski definition) is 6. The van der Waals surface area contributed by atoms with Crippen LogP contribution in [0.1, 0.15) is 16.1 Å². The molecule has 3 rings (SSSR count). The number of carbonyl (C=O) groups is 2. The summed E-state index contributed by atoms with van der Waals surface area (Å²) in [4.78, 5) is 24.7. The van der Waals surface area contributed by atoms with Gasteiger partial charge in [0.05, 0.1) is 5.69 Å². The van der Waals surface area contributed by atoms with Crippen molar-refractivity contribution in [2.24, 2.45) is 0 Å². The first-order valence-corrected chi connectivity index (χ1v) is 9.15. The molecule has 0 aliphatic rings. The van der Waals surface area contributed by atoms with E-state index in [0.29, 0.717) is 11.1 Å². The van der Waals surface area contributed by atoms with Crippen molar-refractivity contribution in [3.05, 3.63) is 59.8 Å². The van der Waals surface area contributed by atoms with Crippen molar-refractivity contribution in [2.45, 2.75) is 25.4 Å². The number of aliphatic hydroxyl groups is 3. The Morgan fingerprint density at radius 1 is 0.935 bits per heavy atom. The molecule has 1 unspecified atom stereocenters. The second-order valence-corrected chi connectivity index (χ2v) is 6.87. The van der Waals surface area contributed by atoms with Crippen LogP contribution >= 0.6 is 0 Å². The van der Waals surface area contributed by atoms with Crippen LogP contribution in [-0.4, -0.2) is 64.4 Å². The molecule has 0 saturated carbocycles. The molecule has 3 aromatic rings. The summed E-state index contributed by atoms with van der Waals surface area (Å²) in [7, 11) is 0. The molecular formula is C21H20N2O8. The van der Waals surface area contributed by atoms with Crippen LogP contribution in [0.5, 0.6) is 17.2 Å². The summed E-state index contributed by atoms with van der Waals surface area (Å²) < 4.78 is 0.926. The number of phenolic OH excluding ortho intramolecular Hbond substituents is 3. The minimum absolute atomic E-state index is 0.0177. The van der Waals surface area contributed by atoms with Crippen molar-refractivity contribution in [1.29, 1.82) is 0 Å². The highest BCUT2D eigenvalue weighted by Crippen LogP contribution is 2.30. The molecule has 0 radical (unpaired) electrons. The van der Waals surface area contributed by atoms with Gasteiger partial charge < -0.3 is 30.6 Å². The first-order valence-electron chi connectivity index (χ1n) is 9.15. The second-order valence-electron chi connectivity index (χ2n) is 6.87. The molecule has 0 amide bonds. The van der Waals surface area contributed by atoms with Crippen molar-refractivity contribution in [1.82, 2.24) is 9.78 Å². The van der Waals surface area contributed by atoms with Crippen LogP contribution in [-0.2, 0) is 17.8 Å². The minimum Gasteiger partial charge on any atom is -0.508 e. The highest BCUT2D eigenvalue weighted by atomic mass is 16.5. The molecule has 0 bridgehead atoms. The zero-order chi connectivity index (χ0) is 22.7. The number of nitrogens with zero attached hydrogens (tertiary/aromatic N) is 2. The van der Waals surface area contributed by atoms with E-state index in [1.165, 1.54) is 36.4 Å². The van der Waals surface area contributed by atoms with Crippen LogP contribution in [0.3, 0.4) is 0 Å².